The standard InChI is InChI=1S/C19H25NO/c1-14(2)19(16-10-6-5-7-11-16)20-15(3)17-12-8-9-13-18(17)21-4/h5-15,19-20H,1-4H3/t15-,19?/m0/s1. The molecule has 2 nitrogen and oxygen atoms in total. The van der Waals surface area contributed by atoms with Gasteiger partial charge in [-0.05, 0) is 24.5 Å². The van der Waals surface area contributed by atoms with E-state index in [-0.39, 0.29) is 6.04 Å². The molecule has 0 heterocycles. The molecule has 0 spiro atoms. The molecular weight excluding hydrogens is 258 g/mol. The summed E-state index contributed by atoms with van der Waals surface area (Å²) in [7, 11) is 1.72. The van der Waals surface area contributed by atoms with E-state index in [1.165, 1.54) is 11.1 Å². The monoisotopic (exact) mass is 283 g/mol. The lowest BCUT2D eigenvalue weighted by atomic mass is 9.94. The largest absolute Gasteiger partial charge is 0.496 e. The van der Waals surface area contributed by atoms with Crippen LogP contribution in [-0.2, 0) is 0 Å². The summed E-state index contributed by atoms with van der Waals surface area (Å²) in [5.41, 5.74) is 2.52. The Bertz CT molecular complexity index is 551. The van der Waals surface area contributed by atoms with Crippen LogP contribution in [-0.4, -0.2) is 7.11 Å². The van der Waals surface area contributed by atoms with Gasteiger partial charge < -0.3 is 10.1 Å². The fraction of sp³-hybridized carbons (Fsp3) is 0.368. The third kappa shape index (κ3) is 3.85. The van der Waals surface area contributed by atoms with Crippen molar-refractivity contribution < 1.29 is 4.74 Å². The lowest BCUT2D eigenvalue weighted by Gasteiger charge is -2.28. The third-order valence-corrected chi connectivity index (χ3v) is 3.86. The average molecular weight is 283 g/mol. The Morgan fingerprint density at radius 3 is 2.10 bits per heavy atom. The van der Waals surface area contributed by atoms with Gasteiger partial charge in [0.05, 0.1) is 7.11 Å². The fourth-order valence-electron chi connectivity index (χ4n) is 2.72. The zero-order chi connectivity index (χ0) is 15.2. The molecule has 1 unspecified atom stereocenters. The van der Waals surface area contributed by atoms with Crippen LogP contribution < -0.4 is 10.1 Å². The van der Waals surface area contributed by atoms with Crippen molar-refractivity contribution in [2.24, 2.45) is 5.92 Å². The van der Waals surface area contributed by atoms with Crippen molar-refractivity contribution in [2.75, 3.05) is 7.11 Å². The van der Waals surface area contributed by atoms with Crippen molar-refractivity contribution in [1.82, 2.24) is 5.32 Å². The van der Waals surface area contributed by atoms with Gasteiger partial charge in [-0.25, -0.2) is 0 Å². The molecule has 2 aromatic carbocycles. The third-order valence-electron chi connectivity index (χ3n) is 3.86. The first kappa shape index (κ1) is 15.6. The molecule has 0 amide bonds. The van der Waals surface area contributed by atoms with Crippen LogP contribution in [0, 0.1) is 5.92 Å². The van der Waals surface area contributed by atoms with E-state index in [1.807, 2.05) is 12.1 Å². The maximum Gasteiger partial charge on any atom is 0.123 e. The normalized spacial score (nSPS) is 14.0. The first-order valence-electron chi connectivity index (χ1n) is 7.57. The number of hydrogen-bond donors (Lipinski definition) is 1. The average Bonchev–Trinajstić information content (AvgIpc) is 2.52. The number of para-hydroxylation sites is 1. The zero-order valence-electron chi connectivity index (χ0n) is 13.3. The summed E-state index contributed by atoms with van der Waals surface area (Å²) in [5.74, 6) is 1.46. The minimum Gasteiger partial charge on any atom is -0.496 e. The van der Waals surface area contributed by atoms with Gasteiger partial charge >= 0.3 is 0 Å². The van der Waals surface area contributed by atoms with E-state index >= 15 is 0 Å². The summed E-state index contributed by atoms with van der Waals surface area (Å²) in [5, 5.41) is 3.74. The molecule has 0 saturated heterocycles. The first-order valence-corrected chi connectivity index (χ1v) is 7.57. The Morgan fingerprint density at radius 1 is 0.857 bits per heavy atom. The predicted molar refractivity (Wildman–Crippen MR) is 88.6 cm³/mol. The van der Waals surface area contributed by atoms with Gasteiger partial charge in [-0.2, -0.15) is 0 Å². The minimum absolute atomic E-state index is 0.230. The lowest BCUT2D eigenvalue weighted by molar-refractivity contribution is 0.359. The van der Waals surface area contributed by atoms with E-state index in [0.717, 1.165) is 5.75 Å². The summed E-state index contributed by atoms with van der Waals surface area (Å²) in [6.45, 7) is 6.69. The number of nitrogens with one attached hydrogen (secondary N) is 1. The molecule has 2 rings (SSSR count). The fourth-order valence-corrected chi connectivity index (χ4v) is 2.72. The summed E-state index contributed by atoms with van der Waals surface area (Å²) in [4.78, 5) is 0. The maximum absolute atomic E-state index is 5.47. The van der Waals surface area contributed by atoms with Crippen molar-refractivity contribution in [1.29, 1.82) is 0 Å². The number of methoxy groups -OCH3 is 1. The van der Waals surface area contributed by atoms with E-state index in [1.54, 1.807) is 7.11 Å². The van der Waals surface area contributed by atoms with Crippen LogP contribution in [0.2, 0.25) is 0 Å². The van der Waals surface area contributed by atoms with Gasteiger partial charge in [0, 0.05) is 17.6 Å². The Hall–Kier alpha value is -1.80. The Kier molecular flexibility index (Phi) is 5.40. The molecule has 0 bridgehead atoms. The molecule has 2 heteroatoms. The summed E-state index contributed by atoms with van der Waals surface area (Å²) < 4.78 is 5.47. The van der Waals surface area contributed by atoms with Crippen molar-refractivity contribution >= 4 is 0 Å². The molecule has 21 heavy (non-hydrogen) atoms. The van der Waals surface area contributed by atoms with E-state index in [4.69, 9.17) is 4.74 Å². The van der Waals surface area contributed by atoms with Crippen molar-refractivity contribution in [3.8, 4) is 5.75 Å². The second-order valence-electron chi connectivity index (χ2n) is 5.76. The van der Waals surface area contributed by atoms with Crippen LogP contribution in [0.25, 0.3) is 0 Å². The summed E-state index contributed by atoms with van der Waals surface area (Å²) in [6, 6.07) is 19.4. The quantitative estimate of drug-likeness (QED) is 0.826. The van der Waals surface area contributed by atoms with Gasteiger partial charge in [-0.1, -0.05) is 62.4 Å². The van der Waals surface area contributed by atoms with Gasteiger partial charge in [0.2, 0.25) is 0 Å². The topological polar surface area (TPSA) is 21.3 Å². The number of hydrogen-bond acceptors (Lipinski definition) is 2. The SMILES string of the molecule is COc1ccccc1[C@H](C)NC(c1ccccc1)C(C)C. The smallest absolute Gasteiger partial charge is 0.123 e. The second kappa shape index (κ2) is 7.28. The molecule has 2 aromatic rings. The highest BCUT2D eigenvalue weighted by molar-refractivity contribution is 5.35. The number of rotatable bonds is 6. The number of benzene rings is 2. The molecule has 1 N–H and O–H groups in total. The van der Waals surface area contributed by atoms with Gasteiger partial charge in [0.25, 0.3) is 0 Å². The van der Waals surface area contributed by atoms with Crippen LogP contribution in [0.4, 0.5) is 0 Å². The van der Waals surface area contributed by atoms with Gasteiger partial charge in [-0.3, -0.25) is 0 Å². The second-order valence-corrected chi connectivity index (χ2v) is 5.76. The molecule has 0 fully saturated rings. The van der Waals surface area contributed by atoms with E-state index < -0.39 is 0 Å². The Labute approximate surface area is 128 Å². The van der Waals surface area contributed by atoms with E-state index in [0.29, 0.717) is 12.0 Å². The lowest BCUT2D eigenvalue weighted by Crippen LogP contribution is -2.28. The molecule has 0 aliphatic rings. The molecular formula is C19H25NO. The van der Waals surface area contributed by atoms with Crippen molar-refractivity contribution in [2.45, 2.75) is 32.9 Å². The minimum atomic E-state index is 0.230. The molecule has 0 aromatic heterocycles. The van der Waals surface area contributed by atoms with Crippen LogP contribution >= 0.6 is 0 Å². The van der Waals surface area contributed by atoms with Gasteiger partial charge in [-0.15, -0.1) is 0 Å². The molecule has 0 radical (unpaired) electrons. The number of ether oxygens (including phenoxy) is 1. The molecule has 2 atom stereocenters. The predicted octanol–water partition coefficient (Wildman–Crippen LogP) is 4.74. The molecule has 112 valence electrons. The highest BCUT2D eigenvalue weighted by Gasteiger charge is 2.20. The van der Waals surface area contributed by atoms with Crippen molar-refractivity contribution in [3.63, 3.8) is 0 Å². The van der Waals surface area contributed by atoms with E-state index in [2.05, 4.69) is 68.6 Å². The Morgan fingerprint density at radius 2 is 1.48 bits per heavy atom. The Balaban J connectivity index is 2.21. The highest BCUT2D eigenvalue weighted by Crippen LogP contribution is 2.29. The van der Waals surface area contributed by atoms with Crippen LogP contribution in [0.5, 0.6) is 5.75 Å². The van der Waals surface area contributed by atoms with Gasteiger partial charge in [0.1, 0.15) is 5.75 Å². The zero-order valence-corrected chi connectivity index (χ0v) is 13.3. The highest BCUT2D eigenvalue weighted by atomic mass is 16.5. The van der Waals surface area contributed by atoms with Crippen LogP contribution in [0.3, 0.4) is 0 Å². The molecule has 0 aliphatic carbocycles. The van der Waals surface area contributed by atoms with Crippen LogP contribution in [0.15, 0.2) is 54.6 Å². The van der Waals surface area contributed by atoms with Gasteiger partial charge in [0.15, 0.2) is 0 Å². The maximum atomic E-state index is 5.47. The summed E-state index contributed by atoms with van der Waals surface area (Å²) >= 11 is 0. The first-order chi connectivity index (χ1) is 10.1. The molecule has 0 aliphatic heterocycles. The van der Waals surface area contributed by atoms with E-state index in [9.17, 15) is 0 Å². The molecule has 0 saturated carbocycles. The van der Waals surface area contributed by atoms with Crippen LogP contribution in [0.1, 0.15) is 44.0 Å². The summed E-state index contributed by atoms with van der Waals surface area (Å²) in [6.07, 6.45) is 0. The van der Waals surface area contributed by atoms with Crippen molar-refractivity contribution in [3.05, 3.63) is 65.7 Å².